The SMILES string of the molecule is C=COCC.ClCCl. The number of alkyl halides is 2. The zero-order chi connectivity index (χ0) is 6.83. The molecule has 0 fully saturated rings. The van der Waals surface area contributed by atoms with Crippen LogP contribution in [0.5, 0.6) is 0 Å². The van der Waals surface area contributed by atoms with Crippen molar-refractivity contribution < 1.29 is 4.74 Å². The Balaban J connectivity index is 0. The number of rotatable bonds is 2. The van der Waals surface area contributed by atoms with Gasteiger partial charge in [-0.3, -0.25) is 0 Å². The summed E-state index contributed by atoms with van der Waals surface area (Å²) in [5.41, 5.74) is 0. The van der Waals surface area contributed by atoms with Crippen LogP contribution in [0, 0.1) is 0 Å². The lowest BCUT2D eigenvalue weighted by Crippen LogP contribution is -1.72. The lowest BCUT2D eigenvalue weighted by atomic mass is 10.9. The molecule has 0 heterocycles. The Kier molecular flexibility index (Phi) is 21.6. The van der Waals surface area contributed by atoms with E-state index in [0.717, 1.165) is 6.61 Å². The summed E-state index contributed by atoms with van der Waals surface area (Å²) in [6.07, 6.45) is 1.43. The largest absolute Gasteiger partial charge is 0.502 e. The Morgan fingerprint density at radius 3 is 2.00 bits per heavy atom. The highest BCUT2D eigenvalue weighted by molar-refractivity contribution is 6.40. The highest BCUT2D eigenvalue weighted by atomic mass is 35.5. The molecule has 1 nitrogen and oxygen atoms in total. The molecule has 0 spiro atoms. The molecule has 0 rings (SSSR count). The fraction of sp³-hybridized carbons (Fsp3) is 0.600. The van der Waals surface area contributed by atoms with Crippen molar-refractivity contribution in [2.24, 2.45) is 0 Å². The second-order valence-corrected chi connectivity index (χ2v) is 1.53. The fourth-order valence-corrected chi connectivity index (χ4v) is 0.118. The fourth-order valence-electron chi connectivity index (χ4n) is 0.118. The maximum absolute atomic E-state index is 4.76. The molecule has 0 aliphatic heterocycles. The lowest BCUT2D eigenvalue weighted by molar-refractivity contribution is 0.270. The van der Waals surface area contributed by atoms with Crippen molar-refractivity contribution >= 4 is 23.2 Å². The predicted molar refractivity (Wildman–Crippen MR) is 38.4 cm³/mol. The Labute approximate surface area is 60.2 Å². The molecule has 50 valence electrons. The molecule has 0 saturated heterocycles. The number of halogens is 2. The quantitative estimate of drug-likeness (QED) is 0.442. The topological polar surface area (TPSA) is 9.23 Å². The van der Waals surface area contributed by atoms with Crippen LogP contribution in [0.15, 0.2) is 12.8 Å². The first-order valence-electron chi connectivity index (χ1n) is 2.17. The first-order valence-corrected chi connectivity index (χ1v) is 3.24. The normalized spacial score (nSPS) is 6.38. The smallest absolute Gasteiger partial charge is 0.0967 e. The van der Waals surface area contributed by atoms with Gasteiger partial charge in [-0.15, -0.1) is 23.2 Å². The second-order valence-electron chi connectivity index (χ2n) is 0.723. The van der Waals surface area contributed by atoms with Gasteiger partial charge in [-0.25, -0.2) is 0 Å². The number of ether oxygens (including phenoxy) is 1. The summed E-state index contributed by atoms with van der Waals surface area (Å²) in [5.74, 6) is 0. The number of hydrogen-bond acceptors (Lipinski definition) is 1. The molecule has 8 heavy (non-hydrogen) atoms. The van der Waals surface area contributed by atoms with Crippen molar-refractivity contribution in [3.05, 3.63) is 12.8 Å². The standard InChI is InChI=1S/C4H8O.CH2Cl2/c1-3-5-4-2;2-1-3/h3H,1,4H2,2H3;1H2. The van der Waals surface area contributed by atoms with Gasteiger partial charge in [0.1, 0.15) is 0 Å². The minimum Gasteiger partial charge on any atom is -0.502 e. The van der Waals surface area contributed by atoms with Crippen LogP contribution in [0.3, 0.4) is 0 Å². The monoisotopic (exact) mass is 156 g/mol. The van der Waals surface area contributed by atoms with Gasteiger partial charge in [0.15, 0.2) is 0 Å². The molecule has 0 aromatic heterocycles. The third-order valence-electron chi connectivity index (χ3n) is 0.285. The summed E-state index contributed by atoms with van der Waals surface area (Å²) in [6, 6.07) is 0. The first kappa shape index (κ1) is 11.0. The molecule has 0 aromatic rings. The third-order valence-corrected chi connectivity index (χ3v) is 0.285. The van der Waals surface area contributed by atoms with E-state index < -0.39 is 0 Å². The van der Waals surface area contributed by atoms with Crippen LogP contribution >= 0.6 is 23.2 Å². The van der Waals surface area contributed by atoms with Crippen molar-refractivity contribution in [2.45, 2.75) is 6.92 Å². The van der Waals surface area contributed by atoms with E-state index in [4.69, 9.17) is 23.2 Å². The van der Waals surface area contributed by atoms with Crippen LogP contribution in [0.4, 0.5) is 0 Å². The van der Waals surface area contributed by atoms with Crippen LogP contribution in [0.2, 0.25) is 0 Å². The molecule has 0 radical (unpaired) electrons. The van der Waals surface area contributed by atoms with Crippen molar-refractivity contribution in [1.82, 2.24) is 0 Å². The zero-order valence-electron chi connectivity index (χ0n) is 4.86. The van der Waals surface area contributed by atoms with Gasteiger partial charge in [0, 0.05) is 0 Å². The Morgan fingerprint density at radius 1 is 1.62 bits per heavy atom. The second kappa shape index (κ2) is 15.7. The van der Waals surface area contributed by atoms with Gasteiger partial charge < -0.3 is 4.74 Å². The van der Waals surface area contributed by atoms with E-state index in [9.17, 15) is 0 Å². The molecule has 0 aromatic carbocycles. The number of hydrogen-bond donors (Lipinski definition) is 0. The summed E-state index contributed by atoms with van der Waals surface area (Å²) in [7, 11) is 0. The van der Waals surface area contributed by atoms with Crippen molar-refractivity contribution in [3.8, 4) is 0 Å². The van der Waals surface area contributed by atoms with Gasteiger partial charge >= 0.3 is 0 Å². The average molecular weight is 157 g/mol. The Bertz CT molecular complexity index is 39.4. The molecule has 0 bridgehead atoms. The summed E-state index contributed by atoms with van der Waals surface area (Å²) in [6.45, 7) is 5.97. The predicted octanol–water partition coefficient (Wildman–Crippen LogP) is 2.59. The zero-order valence-corrected chi connectivity index (χ0v) is 6.37. The molecule has 0 unspecified atom stereocenters. The minimum absolute atomic E-state index is 0.194. The van der Waals surface area contributed by atoms with Gasteiger partial charge in [-0.2, -0.15) is 0 Å². The summed E-state index contributed by atoms with van der Waals surface area (Å²) in [4.78, 5) is 0. The van der Waals surface area contributed by atoms with E-state index in [1.165, 1.54) is 6.26 Å². The van der Waals surface area contributed by atoms with Gasteiger partial charge in [-0.1, -0.05) is 6.58 Å². The van der Waals surface area contributed by atoms with Gasteiger partial charge in [0.25, 0.3) is 0 Å². The van der Waals surface area contributed by atoms with Crippen molar-refractivity contribution in [2.75, 3.05) is 11.9 Å². The summed E-state index contributed by atoms with van der Waals surface area (Å²) in [5, 5.41) is 0.194. The average Bonchev–Trinajstić information content (AvgIpc) is 1.71. The molecule has 0 aliphatic rings. The van der Waals surface area contributed by atoms with Gasteiger partial charge in [0.2, 0.25) is 0 Å². The molecule has 0 amide bonds. The van der Waals surface area contributed by atoms with E-state index in [0.29, 0.717) is 0 Å². The van der Waals surface area contributed by atoms with Crippen LogP contribution in [0.1, 0.15) is 6.92 Å². The van der Waals surface area contributed by atoms with Gasteiger partial charge in [0.05, 0.1) is 18.2 Å². The lowest BCUT2D eigenvalue weighted by Gasteiger charge is -1.84. The Hall–Kier alpha value is 0.120. The van der Waals surface area contributed by atoms with Gasteiger partial charge in [-0.05, 0) is 6.92 Å². The third kappa shape index (κ3) is 35.7. The first-order chi connectivity index (χ1) is 3.83. The molecule has 0 saturated carbocycles. The highest BCUT2D eigenvalue weighted by Crippen LogP contribution is 1.73. The van der Waals surface area contributed by atoms with Crippen molar-refractivity contribution in [3.63, 3.8) is 0 Å². The maximum Gasteiger partial charge on any atom is 0.0967 e. The van der Waals surface area contributed by atoms with Crippen LogP contribution in [0.25, 0.3) is 0 Å². The minimum atomic E-state index is 0.194. The van der Waals surface area contributed by atoms with E-state index in [1.807, 2.05) is 6.92 Å². The highest BCUT2D eigenvalue weighted by Gasteiger charge is 1.55. The molecule has 0 atom stereocenters. The Morgan fingerprint density at radius 2 is 2.00 bits per heavy atom. The summed E-state index contributed by atoms with van der Waals surface area (Å²) < 4.78 is 4.60. The van der Waals surface area contributed by atoms with Crippen molar-refractivity contribution in [1.29, 1.82) is 0 Å². The molecule has 3 heteroatoms. The molecular weight excluding hydrogens is 147 g/mol. The van der Waals surface area contributed by atoms with E-state index in [-0.39, 0.29) is 5.34 Å². The summed E-state index contributed by atoms with van der Waals surface area (Å²) >= 11 is 9.53. The molecular formula is C5H10Cl2O. The van der Waals surface area contributed by atoms with Crippen LogP contribution in [-0.4, -0.2) is 11.9 Å². The maximum atomic E-state index is 4.76. The molecule has 0 N–H and O–H groups in total. The van der Waals surface area contributed by atoms with E-state index >= 15 is 0 Å². The van der Waals surface area contributed by atoms with E-state index in [2.05, 4.69) is 11.3 Å². The van der Waals surface area contributed by atoms with Crippen LogP contribution in [-0.2, 0) is 4.74 Å². The molecule has 0 aliphatic carbocycles. The van der Waals surface area contributed by atoms with E-state index in [1.54, 1.807) is 0 Å². The van der Waals surface area contributed by atoms with Crippen LogP contribution < -0.4 is 0 Å².